The minimum absolute atomic E-state index is 0.0449. The number of carbonyl (C=O) groups excluding carboxylic acids is 1. The van der Waals surface area contributed by atoms with E-state index in [0.717, 1.165) is 51.7 Å². The number of Topliss-reactive ketones (excluding diaryl/α,β-unsaturated/α-hetero) is 1. The van der Waals surface area contributed by atoms with Crippen LogP contribution < -0.4 is 5.32 Å². The van der Waals surface area contributed by atoms with Gasteiger partial charge < -0.3 is 10.1 Å². The average Bonchev–Trinajstić information content (AvgIpc) is 2.98. The van der Waals surface area contributed by atoms with Crippen molar-refractivity contribution < 1.29 is 18.3 Å². The lowest BCUT2D eigenvalue weighted by Crippen LogP contribution is -2.52. The van der Waals surface area contributed by atoms with E-state index in [2.05, 4.69) is 11.4 Å². The van der Waals surface area contributed by atoms with Crippen molar-refractivity contribution in [1.29, 1.82) is 10.5 Å². The predicted molar refractivity (Wildman–Crippen MR) is 93.7 cm³/mol. The maximum atomic E-state index is 13.6. The van der Waals surface area contributed by atoms with E-state index < -0.39 is 36.1 Å². The van der Waals surface area contributed by atoms with Gasteiger partial charge in [0.25, 0.3) is 0 Å². The number of ketones is 1. The highest BCUT2D eigenvalue weighted by Crippen LogP contribution is 2.48. The number of halogens is 2. The van der Waals surface area contributed by atoms with Gasteiger partial charge in [-0.05, 0) is 43.9 Å². The van der Waals surface area contributed by atoms with E-state index in [-0.39, 0.29) is 17.7 Å². The van der Waals surface area contributed by atoms with E-state index in [0.29, 0.717) is 6.42 Å². The van der Waals surface area contributed by atoms with Crippen LogP contribution in [0.15, 0.2) is 0 Å². The Morgan fingerprint density at radius 1 is 1.07 bits per heavy atom. The third-order valence-electron chi connectivity index (χ3n) is 6.98. The van der Waals surface area contributed by atoms with Gasteiger partial charge in [0, 0.05) is 37.5 Å². The van der Waals surface area contributed by atoms with Crippen molar-refractivity contribution in [1.82, 2.24) is 5.32 Å². The molecule has 0 radical (unpaired) electrons. The van der Waals surface area contributed by atoms with Gasteiger partial charge in [-0.15, -0.1) is 0 Å². The molecule has 1 N–H and O–H groups in total. The van der Waals surface area contributed by atoms with E-state index in [1.165, 1.54) is 0 Å². The third-order valence-corrected chi connectivity index (χ3v) is 6.98. The molecule has 1 aliphatic heterocycles. The van der Waals surface area contributed by atoms with E-state index in [1.54, 1.807) is 0 Å². The van der Waals surface area contributed by atoms with Crippen LogP contribution in [0.1, 0.15) is 57.8 Å². The molecule has 0 bridgehead atoms. The summed E-state index contributed by atoms with van der Waals surface area (Å²) in [7, 11) is 0. The van der Waals surface area contributed by atoms with Crippen molar-refractivity contribution in [2.45, 2.75) is 69.2 Å². The Bertz CT molecular complexity index is 637. The molecule has 5 nitrogen and oxygen atoms in total. The second-order valence-corrected chi connectivity index (χ2v) is 8.65. The number of nitriles is 2. The lowest BCUT2D eigenvalue weighted by molar-refractivity contribution is -0.123. The van der Waals surface area contributed by atoms with Crippen LogP contribution in [0.4, 0.5) is 8.78 Å². The number of hydrogen-bond acceptors (Lipinski definition) is 5. The summed E-state index contributed by atoms with van der Waals surface area (Å²) in [6.07, 6.45) is 4.88. The molecule has 2 atom stereocenters. The molecule has 0 aromatic heterocycles. The summed E-state index contributed by atoms with van der Waals surface area (Å²) in [5.41, 5.74) is -0.153. The Morgan fingerprint density at radius 2 is 1.74 bits per heavy atom. The lowest BCUT2D eigenvalue weighted by atomic mass is 9.63. The fourth-order valence-electron chi connectivity index (χ4n) is 5.02. The van der Waals surface area contributed by atoms with Gasteiger partial charge in [0.1, 0.15) is 0 Å². The molecule has 2 unspecified atom stereocenters. The molecule has 148 valence electrons. The molecule has 27 heavy (non-hydrogen) atoms. The van der Waals surface area contributed by atoms with Crippen molar-refractivity contribution >= 4 is 5.78 Å². The quantitative estimate of drug-likeness (QED) is 0.792. The smallest absolute Gasteiger partial charge is 0.250 e. The van der Waals surface area contributed by atoms with Gasteiger partial charge in [0.05, 0.1) is 31.0 Å². The second-order valence-electron chi connectivity index (χ2n) is 8.65. The molecule has 0 aromatic rings. The summed E-state index contributed by atoms with van der Waals surface area (Å²) in [5, 5.41) is 21.6. The molecule has 7 heteroatoms. The van der Waals surface area contributed by atoms with Crippen molar-refractivity contribution in [2.24, 2.45) is 17.3 Å². The third kappa shape index (κ3) is 4.47. The first-order valence-electron chi connectivity index (χ1n) is 9.83. The Kier molecular flexibility index (Phi) is 5.84. The summed E-state index contributed by atoms with van der Waals surface area (Å²) in [5.74, 6) is -5.10. The predicted octanol–water partition coefficient (Wildman–Crippen LogP) is 3.35. The van der Waals surface area contributed by atoms with Crippen LogP contribution in [-0.2, 0) is 9.53 Å². The maximum Gasteiger partial charge on any atom is 0.250 e. The lowest BCUT2D eigenvalue weighted by Gasteiger charge is -2.48. The maximum absolute atomic E-state index is 13.6. The molecular weight excluding hydrogens is 352 g/mol. The first kappa shape index (κ1) is 20.2. The van der Waals surface area contributed by atoms with Crippen molar-refractivity contribution in [3.05, 3.63) is 0 Å². The molecule has 1 spiro atoms. The number of alkyl halides is 2. The van der Waals surface area contributed by atoms with Gasteiger partial charge in [-0.3, -0.25) is 4.79 Å². The van der Waals surface area contributed by atoms with Crippen molar-refractivity contribution in [2.75, 3.05) is 19.8 Å². The van der Waals surface area contributed by atoms with Gasteiger partial charge in [-0.2, -0.15) is 10.5 Å². The molecule has 3 fully saturated rings. The van der Waals surface area contributed by atoms with Crippen LogP contribution >= 0.6 is 0 Å². The van der Waals surface area contributed by atoms with E-state index >= 15 is 0 Å². The molecule has 1 heterocycles. The van der Waals surface area contributed by atoms with E-state index in [1.807, 2.05) is 6.07 Å². The monoisotopic (exact) mass is 379 g/mol. The van der Waals surface area contributed by atoms with E-state index in [4.69, 9.17) is 10.00 Å². The molecular formula is C20H27F2N3O2. The second kappa shape index (κ2) is 7.81. The molecule has 0 amide bonds. The number of rotatable bonds is 5. The summed E-state index contributed by atoms with van der Waals surface area (Å²) < 4.78 is 32.7. The van der Waals surface area contributed by atoms with Crippen LogP contribution in [0.2, 0.25) is 0 Å². The van der Waals surface area contributed by atoms with Crippen molar-refractivity contribution in [3.8, 4) is 12.1 Å². The zero-order valence-electron chi connectivity index (χ0n) is 15.6. The van der Waals surface area contributed by atoms with E-state index in [9.17, 15) is 18.8 Å². The zero-order chi connectivity index (χ0) is 19.5. The highest BCUT2D eigenvalue weighted by Gasteiger charge is 2.50. The SMILES string of the molecule is N#CCC1(NCC(=O)C2CC(F)(F)CC2C#N)CCC2(CCOCC2)CC1. The summed E-state index contributed by atoms with van der Waals surface area (Å²) in [4.78, 5) is 12.5. The minimum Gasteiger partial charge on any atom is -0.381 e. The average molecular weight is 379 g/mol. The minimum atomic E-state index is -2.94. The summed E-state index contributed by atoms with van der Waals surface area (Å²) >= 11 is 0. The first-order valence-corrected chi connectivity index (χ1v) is 9.83. The molecule has 1 saturated heterocycles. The fourth-order valence-corrected chi connectivity index (χ4v) is 5.02. The van der Waals surface area contributed by atoms with Crippen LogP contribution in [0.5, 0.6) is 0 Å². The molecule has 0 aromatic carbocycles. The molecule has 3 rings (SSSR count). The van der Waals surface area contributed by atoms with Gasteiger partial charge >= 0.3 is 0 Å². The summed E-state index contributed by atoms with van der Waals surface area (Å²) in [6, 6.07) is 4.09. The van der Waals surface area contributed by atoms with Crippen LogP contribution in [0.3, 0.4) is 0 Å². The number of hydrogen-bond donors (Lipinski definition) is 1. The van der Waals surface area contributed by atoms with Crippen molar-refractivity contribution in [3.63, 3.8) is 0 Å². The molecule has 3 aliphatic rings. The Labute approximate surface area is 159 Å². The number of carbonyl (C=O) groups is 1. The number of nitrogens with zero attached hydrogens (tertiary/aromatic N) is 2. The molecule has 2 aliphatic carbocycles. The standard InChI is InChI=1S/C20H27F2N3O2/c21-20(22)11-15(13-24)16(12-20)17(26)14-25-19(5-8-23)3-1-18(2-4-19)6-9-27-10-7-18/h15-16,25H,1-7,9-12,14H2. The highest BCUT2D eigenvalue weighted by atomic mass is 19.3. The Balaban J connectivity index is 1.60. The van der Waals surface area contributed by atoms with Crippen LogP contribution in [0.25, 0.3) is 0 Å². The molecule has 2 saturated carbocycles. The fraction of sp³-hybridized carbons (Fsp3) is 0.850. The van der Waals surface area contributed by atoms with Gasteiger partial charge in [-0.25, -0.2) is 8.78 Å². The van der Waals surface area contributed by atoms with Gasteiger partial charge in [0.15, 0.2) is 5.78 Å². The normalized spacial score (nSPS) is 31.1. The highest BCUT2D eigenvalue weighted by molar-refractivity contribution is 5.84. The zero-order valence-corrected chi connectivity index (χ0v) is 15.6. The number of nitrogens with one attached hydrogen (secondary N) is 1. The summed E-state index contributed by atoms with van der Waals surface area (Å²) in [6.45, 7) is 1.52. The van der Waals surface area contributed by atoms with Crippen LogP contribution in [0, 0.1) is 39.9 Å². The Morgan fingerprint density at radius 3 is 2.33 bits per heavy atom. The topological polar surface area (TPSA) is 85.9 Å². The number of ether oxygens (including phenoxy) is 1. The van der Waals surface area contributed by atoms with Crippen LogP contribution in [-0.4, -0.2) is 37.0 Å². The van der Waals surface area contributed by atoms with Gasteiger partial charge in [0.2, 0.25) is 5.92 Å². The van der Waals surface area contributed by atoms with Gasteiger partial charge in [-0.1, -0.05) is 0 Å². The Hall–Kier alpha value is -1.57. The largest absolute Gasteiger partial charge is 0.381 e. The first-order chi connectivity index (χ1) is 12.8.